The summed E-state index contributed by atoms with van der Waals surface area (Å²) in [6, 6.07) is 12.1. The minimum Gasteiger partial charge on any atom is -0.493 e. The average molecular weight is 387 g/mol. The Morgan fingerprint density at radius 2 is 1.50 bits per heavy atom. The third-order valence-electron chi connectivity index (χ3n) is 4.05. The van der Waals surface area contributed by atoms with Crippen LogP contribution in [0.3, 0.4) is 0 Å². The largest absolute Gasteiger partial charge is 0.493 e. The molecule has 7 heteroatoms. The summed E-state index contributed by atoms with van der Waals surface area (Å²) >= 11 is 0. The second-order valence-electron chi connectivity index (χ2n) is 6.18. The van der Waals surface area contributed by atoms with Gasteiger partial charge in [0.15, 0.2) is 18.1 Å². The molecule has 0 saturated heterocycles. The van der Waals surface area contributed by atoms with Crippen LogP contribution < -0.4 is 19.1 Å². The van der Waals surface area contributed by atoms with Gasteiger partial charge in [-0.05, 0) is 38.1 Å². The smallest absolute Gasteiger partial charge is 0.338 e. The van der Waals surface area contributed by atoms with Gasteiger partial charge in [-0.1, -0.05) is 18.2 Å². The van der Waals surface area contributed by atoms with Crippen LogP contribution in [-0.4, -0.2) is 45.9 Å². The van der Waals surface area contributed by atoms with Gasteiger partial charge in [0, 0.05) is 11.7 Å². The molecule has 1 amide bonds. The maximum Gasteiger partial charge on any atom is 0.338 e. The fraction of sp³-hybridized carbons (Fsp3) is 0.333. The molecule has 2 aromatic carbocycles. The lowest BCUT2D eigenvalue weighted by atomic mass is 10.2. The number of hydrogen-bond donors (Lipinski definition) is 0. The molecule has 0 aromatic heterocycles. The average Bonchev–Trinajstić information content (AvgIpc) is 2.71. The third kappa shape index (κ3) is 4.73. The summed E-state index contributed by atoms with van der Waals surface area (Å²) in [7, 11) is 4.38. The lowest BCUT2D eigenvalue weighted by Gasteiger charge is -2.26. The van der Waals surface area contributed by atoms with Crippen molar-refractivity contribution in [3.8, 4) is 17.2 Å². The summed E-state index contributed by atoms with van der Waals surface area (Å²) in [5.74, 6) is 0.0421. The predicted octanol–water partition coefficient (Wildman–Crippen LogP) is 3.31. The number of methoxy groups -OCH3 is 3. The molecule has 0 saturated carbocycles. The highest BCUT2D eigenvalue weighted by atomic mass is 16.5. The van der Waals surface area contributed by atoms with Gasteiger partial charge in [0.05, 0.1) is 26.9 Å². The monoisotopic (exact) mass is 387 g/mol. The van der Waals surface area contributed by atoms with E-state index in [-0.39, 0.29) is 24.1 Å². The van der Waals surface area contributed by atoms with Crippen molar-refractivity contribution in [1.29, 1.82) is 0 Å². The van der Waals surface area contributed by atoms with Crippen LogP contribution in [0.15, 0.2) is 42.5 Å². The normalized spacial score (nSPS) is 10.4. The summed E-state index contributed by atoms with van der Waals surface area (Å²) in [4.78, 5) is 26.7. The summed E-state index contributed by atoms with van der Waals surface area (Å²) in [5, 5.41) is 0. The van der Waals surface area contributed by atoms with Crippen LogP contribution >= 0.6 is 0 Å². The Labute approximate surface area is 164 Å². The van der Waals surface area contributed by atoms with Crippen LogP contribution in [0.5, 0.6) is 17.2 Å². The molecule has 0 unspecified atom stereocenters. The maximum atomic E-state index is 12.6. The number of anilines is 1. The molecule has 0 atom stereocenters. The fourth-order valence-corrected chi connectivity index (χ4v) is 2.80. The minimum atomic E-state index is -0.663. The van der Waals surface area contributed by atoms with Crippen molar-refractivity contribution < 1.29 is 28.5 Å². The van der Waals surface area contributed by atoms with Crippen LogP contribution in [0.4, 0.5) is 5.69 Å². The van der Waals surface area contributed by atoms with E-state index >= 15 is 0 Å². The predicted molar refractivity (Wildman–Crippen MR) is 105 cm³/mol. The van der Waals surface area contributed by atoms with E-state index in [0.717, 1.165) is 5.69 Å². The van der Waals surface area contributed by atoms with E-state index in [0.29, 0.717) is 17.2 Å². The van der Waals surface area contributed by atoms with Gasteiger partial charge in [0.2, 0.25) is 5.75 Å². The Kier molecular flexibility index (Phi) is 7.26. The van der Waals surface area contributed by atoms with E-state index < -0.39 is 5.97 Å². The summed E-state index contributed by atoms with van der Waals surface area (Å²) in [5.41, 5.74) is 0.935. The van der Waals surface area contributed by atoms with Gasteiger partial charge in [0.25, 0.3) is 5.91 Å². The summed E-state index contributed by atoms with van der Waals surface area (Å²) in [6.45, 7) is 3.40. The number of amides is 1. The second kappa shape index (κ2) is 9.64. The summed E-state index contributed by atoms with van der Waals surface area (Å²) in [6.07, 6.45) is 0. The molecule has 0 aliphatic carbocycles. The van der Waals surface area contributed by atoms with Gasteiger partial charge in [-0.3, -0.25) is 4.79 Å². The van der Waals surface area contributed by atoms with Gasteiger partial charge < -0.3 is 23.8 Å². The van der Waals surface area contributed by atoms with E-state index in [9.17, 15) is 9.59 Å². The molecule has 150 valence electrons. The van der Waals surface area contributed by atoms with E-state index in [1.807, 2.05) is 44.2 Å². The van der Waals surface area contributed by atoms with Crippen LogP contribution in [-0.2, 0) is 9.53 Å². The minimum absolute atomic E-state index is 0.0882. The molecule has 0 heterocycles. The lowest BCUT2D eigenvalue weighted by Crippen LogP contribution is -2.39. The molecule has 0 bridgehead atoms. The molecule has 2 aromatic rings. The van der Waals surface area contributed by atoms with Crippen LogP contribution in [0.2, 0.25) is 0 Å². The molecule has 28 heavy (non-hydrogen) atoms. The van der Waals surface area contributed by atoms with Crippen molar-refractivity contribution in [2.75, 3.05) is 32.8 Å². The molecule has 0 radical (unpaired) electrons. The van der Waals surface area contributed by atoms with Gasteiger partial charge in [-0.25, -0.2) is 4.79 Å². The quantitative estimate of drug-likeness (QED) is 0.647. The zero-order chi connectivity index (χ0) is 20.7. The van der Waals surface area contributed by atoms with E-state index in [4.69, 9.17) is 18.9 Å². The summed E-state index contributed by atoms with van der Waals surface area (Å²) < 4.78 is 20.9. The van der Waals surface area contributed by atoms with Crippen molar-refractivity contribution >= 4 is 17.6 Å². The number of benzene rings is 2. The first-order valence-corrected chi connectivity index (χ1v) is 8.77. The molecular formula is C21H25NO6. The molecule has 2 rings (SSSR count). The zero-order valence-electron chi connectivity index (χ0n) is 16.7. The first-order chi connectivity index (χ1) is 13.4. The molecule has 0 N–H and O–H groups in total. The molecular weight excluding hydrogens is 362 g/mol. The highest BCUT2D eigenvalue weighted by molar-refractivity contribution is 5.97. The molecule has 0 aliphatic rings. The van der Waals surface area contributed by atoms with Gasteiger partial charge in [-0.15, -0.1) is 0 Å². The molecule has 0 fully saturated rings. The van der Waals surface area contributed by atoms with E-state index in [1.54, 1.807) is 4.90 Å². The van der Waals surface area contributed by atoms with Crippen LogP contribution in [0.25, 0.3) is 0 Å². The Bertz CT molecular complexity index is 794. The van der Waals surface area contributed by atoms with Gasteiger partial charge in [-0.2, -0.15) is 0 Å². The topological polar surface area (TPSA) is 74.3 Å². The number of carbonyl (C=O) groups is 2. The Balaban J connectivity index is 2.16. The van der Waals surface area contributed by atoms with Crippen molar-refractivity contribution in [2.45, 2.75) is 19.9 Å². The van der Waals surface area contributed by atoms with Crippen LogP contribution in [0.1, 0.15) is 24.2 Å². The highest BCUT2D eigenvalue weighted by Gasteiger charge is 2.22. The lowest BCUT2D eigenvalue weighted by molar-refractivity contribution is -0.122. The first kappa shape index (κ1) is 21.1. The van der Waals surface area contributed by atoms with Crippen LogP contribution in [0, 0.1) is 0 Å². The third-order valence-corrected chi connectivity index (χ3v) is 4.05. The zero-order valence-corrected chi connectivity index (χ0v) is 16.7. The Morgan fingerprint density at radius 1 is 0.929 bits per heavy atom. The number of ether oxygens (including phenoxy) is 4. The number of para-hydroxylation sites is 1. The molecule has 0 spiro atoms. The standard InChI is InChI=1S/C21H25NO6/c1-14(2)22(16-9-7-6-8-10-16)19(23)13-28-21(24)15-11-17(25-3)20(27-5)18(12-15)26-4/h6-12,14H,13H2,1-5H3. The van der Waals surface area contributed by atoms with Crippen molar-refractivity contribution in [1.82, 2.24) is 0 Å². The maximum absolute atomic E-state index is 12.6. The van der Waals surface area contributed by atoms with E-state index in [2.05, 4.69) is 0 Å². The molecule has 7 nitrogen and oxygen atoms in total. The Hall–Kier alpha value is -3.22. The Morgan fingerprint density at radius 3 is 1.96 bits per heavy atom. The number of nitrogens with zero attached hydrogens (tertiary/aromatic N) is 1. The van der Waals surface area contributed by atoms with Gasteiger partial charge in [0.1, 0.15) is 0 Å². The number of rotatable bonds is 8. The van der Waals surface area contributed by atoms with Gasteiger partial charge >= 0.3 is 5.97 Å². The first-order valence-electron chi connectivity index (χ1n) is 8.77. The van der Waals surface area contributed by atoms with Crippen molar-refractivity contribution in [3.05, 3.63) is 48.0 Å². The number of hydrogen-bond acceptors (Lipinski definition) is 6. The number of esters is 1. The number of carbonyl (C=O) groups excluding carboxylic acids is 2. The van der Waals surface area contributed by atoms with Crippen molar-refractivity contribution in [3.63, 3.8) is 0 Å². The molecule has 0 aliphatic heterocycles. The van der Waals surface area contributed by atoms with Crippen molar-refractivity contribution in [2.24, 2.45) is 0 Å². The highest BCUT2D eigenvalue weighted by Crippen LogP contribution is 2.38. The van der Waals surface area contributed by atoms with E-state index in [1.165, 1.54) is 33.5 Å². The fourth-order valence-electron chi connectivity index (χ4n) is 2.80. The second-order valence-corrected chi connectivity index (χ2v) is 6.18. The SMILES string of the molecule is COc1cc(C(=O)OCC(=O)N(c2ccccc2)C(C)C)cc(OC)c1OC.